The number of benzene rings is 3. The van der Waals surface area contributed by atoms with Gasteiger partial charge in [0.1, 0.15) is 5.82 Å². The molecule has 2 aliphatic rings. The van der Waals surface area contributed by atoms with Crippen molar-refractivity contribution >= 4 is 50.5 Å². The van der Waals surface area contributed by atoms with Gasteiger partial charge in [0.05, 0.1) is 5.69 Å². The fourth-order valence-electron chi connectivity index (χ4n) is 5.45. The Morgan fingerprint density at radius 1 is 0.929 bits per heavy atom. The molecule has 4 aromatic rings. The largest absolute Gasteiger partial charge is 0.369 e. The highest BCUT2D eigenvalue weighted by Crippen LogP contribution is 2.30. The lowest BCUT2D eigenvalue weighted by atomic mass is 10.0. The Morgan fingerprint density at radius 3 is 2.45 bits per heavy atom. The van der Waals surface area contributed by atoms with Crippen LogP contribution in [0.1, 0.15) is 27.2 Å². The number of aryl methyl sites for hydroxylation is 1. The van der Waals surface area contributed by atoms with E-state index in [1.165, 1.54) is 17.8 Å². The Morgan fingerprint density at radius 2 is 1.69 bits per heavy atom. The summed E-state index contributed by atoms with van der Waals surface area (Å²) in [5.41, 5.74) is 7.36. The van der Waals surface area contributed by atoms with Gasteiger partial charge in [0.25, 0.3) is 5.91 Å². The van der Waals surface area contributed by atoms with Crippen LogP contribution in [0.4, 0.5) is 33.1 Å². The van der Waals surface area contributed by atoms with Gasteiger partial charge in [-0.15, -0.1) is 0 Å². The van der Waals surface area contributed by atoms with Crippen molar-refractivity contribution in [2.45, 2.75) is 19.9 Å². The minimum Gasteiger partial charge on any atom is -0.369 e. The van der Waals surface area contributed by atoms with Gasteiger partial charge in [0.2, 0.25) is 5.95 Å². The van der Waals surface area contributed by atoms with E-state index in [2.05, 4.69) is 84.5 Å². The standard InChI is InChI=1S/C32H33BrFN7O/c1-21-3-4-27(36-31(42)22-15-24(33)17-25(34)16-22)18-30(21)41-10-9-29-23(20-41)19-35-32(38-29)37-26-5-7-28(8-6-26)40-13-11-39(2)12-14-40/h3-8,15-19H,9-14,20H2,1-2H3,(H,36,42)(H,35,37,38). The maximum Gasteiger partial charge on any atom is 0.255 e. The number of likely N-dealkylation sites (N-methyl/N-ethyl adjacent to an activating group) is 1. The van der Waals surface area contributed by atoms with Crippen molar-refractivity contribution in [2.75, 3.05) is 60.2 Å². The number of rotatable bonds is 6. The number of halogens is 2. The van der Waals surface area contributed by atoms with Crippen LogP contribution in [0.25, 0.3) is 0 Å². The minimum absolute atomic E-state index is 0.253. The first-order valence-electron chi connectivity index (χ1n) is 14.1. The SMILES string of the molecule is Cc1ccc(NC(=O)c2cc(F)cc(Br)c2)cc1N1CCc2nc(Nc3ccc(N4CCN(C)CC4)cc3)ncc2C1. The number of carbonyl (C=O) groups excluding carboxylic acids is 1. The van der Waals surface area contributed by atoms with Crippen LogP contribution in [-0.2, 0) is 13.0 Å². The zero-order chi connectivity index (χ0) is 29.2. The molecule has 0 saturated carbocycles. The van der Waals surface area contributed by atoms with Crippen LogP contribution in [0.5, 0.6) is 0 Å². The summed E-state index contributed by atoms with van der Waals surface area (Å²) >= 11 is 3.25. The molecule has 42 heavy (non-hydrogen) atoms. The fourth-order valence-corrected chi connectivity index (χ4v) is 5.91. The van der Waals surface area contributed by atoms with E-state index in [4.69, 9.17) is 4.98 Å². The monoisotopic (exact) mass is 629 g/mol. The Kier molecular flexibility index (Phi) is 8.08. The van der Waals surface area contributed by atoms with Crippen LogP contribution in [0, 0.1) is 12.7 Å². The predicted octanol–water partition coefficient (Wildman–Crippen LogP) is 6.00. The molecule has 0 spiro atoms. The van der Waals surface area contributed by atoms with Crippen LogP contribution >= 0.6 is 15.9 Å². The van der Waals surface area contributed by atoms with Gasteiger partial charge in [-0.1, -0.05) is 22.0 Å². The lowest BCUT2D eigenvalue weighted by Crippen LogP contribution is -2.44. The van der Waals surface area contributed by atoms with Crippen LogP contribution in [-0.4, -0.2) is 60.5 Å². The van der Waals surface area contributed by atoms with E-state index in [1.54, 1.807) is 6.07 Å². The second-order valence-electron chi connectivity index (χ2n) is 10.9. The predicted molar refractivity (Wildman–Crippen MR) is 169 cm³/mol. The van der Waals surface area contributed by atoms with Gasteiger partial charge in [0, 0.05) is 90.2 Å². The van der Waals surface area contributed by atoms with E-state index in [0.717, 1.165) is 67.3 Å². The smallest absolute Gasteiger partial charge is 0.255 e. The van der Waals surface area contributed by atoms with Crippen molar-refractivity contribution in [3.8, 4) is 0 Å². The Bertz CT molecular complexity index is 1590. The van der Waals surface area contributed by atoms with E-state index in [-0.39, 0.29) is 11.5 Å². The summed E-state index contributed by atoms with van der Waals surface area (Å²) in [5.74, 6) is -0.235. The fraction of sp³-hybridized carbons (Fsp3) is 0.281. The Balaban J connectivity index is 1.11. The first kappa shape index (κ1) is 28.1. The number of fused-ring (bicyclic) bond motifs is 1. The van der Waals surface area contributed by atoms with Crippen LogP contribution < -0.4 is 20.4 Å². The van der Waals surface area contributed by atoms with E-state index >= 15 is 0 Å². The van der Waals surface area contributed by atoms with E-state index < -0.39 is 5.82 Å². The number of nitrogens with zero attached hydrogens (tertiary/aromatic N) is 5. The molecule has 0 atom stereocenters. The zero-order valence-electron chi connectivity index (χ0n) is 23.7. The molecule has 2 N–H and O–H groups in total. The highest BCUT2D eigenvalue weighted by atomic mass is 79.9. The molecule has 1 saturated heterocycles. The van der Waals surface area contributed by atoms with E-state index in [0.29, 0.717) is 22.7 Å². The molecule has 2 aliphatic heterocycles. The number of aromatic nitrogens is 2. The quantitative estimate of drug-likeness (QED) is 0.271. The van der Waals surface area contributed by atoms with Crippen molar-refractivity contribution in [3.63, 3.8) is 0 Å². The van der Waals surface area contributed by atoms with Gasteiger partial charge in [-0.2, -0.15) is 0 Å². The van der Waals surface area contributed by atoms with Crippen molar-refractivity contribution in [2.24, 2.45) is 0 Å². The first-order valence-corrected chi connectivity index (χ1v) is 14.9. The van der Waals surface area contributed by atoms with Crippen molar-refractivity contribution < 1.29 is 9.18 Å². The van der Waals surface area contributed by atoms with Crippen LogP contribution in [0.15, 0.2) is 71.3 Å². The average Bonchev–Trinajstić information content (AvgIpc) is 2.98. The molecule has 10 heteroatoms. The van der Waals surface area contributed by atoms with Gasteiger partial charge in [-0.05, 0) is 74.1 Å². The highest BCUT2D eigenvalue weighted by Gasteiger charge is 2.21. The second-order valence-corrected chi connectivity index (χ2v) is 11.8. The van der Waals surface area contributed by atoms with Gasteiger partial charge < -0.3 is 25.3 Å². The van der Waals surface area contributed by atoms with Gasteiger partial charge in [-0.3, -0.25) is 4.79 Å². The molecule has 1 aromatic heterocycles. The number of hydrogen-bond acceptors (Lipinski definition) is 7. The van der Waals surface area contributed by atoms with Crippen molar-refractivity contribution in [3.05, 3.63) is 99.5 Å². The topological polar surface area (TPSA) is 76.6 Å². The minimum atomic E-state index is -0.467. The number of nitrogens with one attached hydrogen (secondary N) is 2. The number of hydrogen-bond donors (Lipinski definition) is 2. The van der Waals surface area contributed by atoms with Gasteiger partial charge >= 0.3 is 0 Å². The number of anilines is 5. The lowest BCUT2D eigenvalue weighted by molar-refractivity contribution is 0.102. The molecular formula is C32H33BrFN7O. The summed E-state index contributed by atoms with van der Waals surface area (Å²) in [6, 6.07) is 18.4. The number of piperazine rings is 1. The Labute approximate surface area is 253 Å². The molecule has 216 valence electrons. The molecule has 6 rings (SSSR count). The average molecular weight is 631 g/mol. The highest BCUT2D eigenvalue weighted by molar-refractivity contribution is 9.10. The van der Waals surface area contributed by atoms with Gasteiger partial charge in [-0.25, -0.2) is 14.4 Å². The summed E-state index contributed by atoms with van der Waals surface area (Å²) in [5, 5.41) is 6.26. The molecule has 1 amide bonds. The maximum absolute atomic E-state index is 13.8. The Hall–Kier alpha value is -4.02. The second kappa shape index (κ2) is 12.1. The molecule has 3 heterocycles. The lowest BCUT2D eigenvalue weighted by Gasteiger charge is -2.34. The summed E-state index contributed by atoms with van der Waals surface area (Å²) in [6.45, 7) is 7.76. The summed E-state index contributed by atoms with van der Waals surface area (Å²) in [4.78, 5) is 29.3. The molecular weight excluding hydrogens is 597 g/mol. The molecule has 8 nitrogen and oxygen atoms in total. The zero-order valence-corrected chi connectivity index (χ0v) is 25.3. The van der Waals surface area contributed by atoms with Gasteiger partial charge in [0.15, 0.2) is 0 Å². The molecule has 0 aliphatic carbocycles. The first-order chi connectivity index (χ1) is 20.3. The van der Waals surface area contributed by atoms with Crippen LogP contribution in [0.2, 0.25) is 0 Å². The summed E-state index contributed by atoms with van der Waals surface area (Å²) in [7, 11) is 2.16. The van der Waals surface area contributed by atoms with E-state index in [9.17, 15) is 9.18 Å². The third-order valence-electron chi connectivity index (χ3n) is 7.86. The normalized spacial score (nSPS) is 15.3. The maximum atomic E-state index is 13.8. The third-order valence-corrected chi connectivity index (χ3v) is 8.32. The summed E-state index contributed by atoms with van der Waals surface area (Å²) < 4.78 is 14.3. The molecule has 0 unspecified atom stereocenters. The number of amides is 1. The molecule has 0 radical (unpaired) electrons. The molecule has 1 fully saturated rings. The number of carbonyl (C=O) groups is 1. The van der Waals surface area contributed by atoms with E-state index in [1.807, 2.05) is 24.4 Å². The molecule has 3 aromatic carbocycles. The van der Waals surface area contributed by atoms with Crippen LogP contribution in [0.3, 0.4) is 0 Å². The summed E-state index contributed by atoms with van der Waals surface area (Å²) in [6.07, 6.45) is 2.68. The third kappa shape index (κ3) is 6.39. The van der Waals surface area contributed by atoms with Crippen molar-refractivity contribution in [1.29, 1.82) is 0 Å². The van der Waals surface area contributed by atoms with Crippen molar-refractivity contribution in [1.82, 2.24) is 14.9 Å². The molecule has 0 bridgehead atoms.